The Morgan fingerprint density at radius 2 is 1.96 bits per heavy atom. The summed E-state index contributed by atoms with van der Waals surface area (Å²) in [5.41, 5.74) is 2.30. The maximum Gasteiger partial charge on any atom is 0.254 e. The molecule has 0 heterocycles. The first-order chi connectivity index (χ1) is 10.9. The molecule has 122 valence electrons. The average Bonchev–Trinajstić information content (AvgIpc) is 2.48. The quantitative estimate of drug-likeness (QED) is 0.885. The highest BCUT2D eigenvalue weighted by atomic mass is 35.5. The number of halogens is 2. The monoisotopic (exact) mass is 335 g/mol. The molecule has 2 rings (SSSR count). The van der Waals surface area contributed by atoms with Crippen molar-refractivity contribution < 1.29 is 13.9 Å². The second-order valence-electron chi connectivity index (χ2n) is 5.56. The van der Waals surface area contributed by atoms with Gasteiger partial charge in [0.05, 0.1) is 11.6 Å². The number of aryl methyl sites for hydroxylation is 2. The molecule has 0 fully saturated rings. The molecule has 2 aromatic carbocycles. The van der Waals surface area contributed by atoms with Gasteiger partial charge in [0, 0.05) is 5.02 Å². The Bertz CT molecular complexity index is 718. The summed E-state index contributed by atoms with van der Waals surface area (Å²) in [7, 11) is 0. The number of carbonyl (C=O) groups excluding carboxylic acids is 1. The SMILES string of the molecule is Cc1ccc(OC[C@H](C)NC(=O)c2ccc(Cl)cc2F)cc1C. The minimum absolute atomic E-state index is 0.0348. The van der Waals surface area contributed by atoms with Crippen LogP contribution in [0.3, 0.4) is 0 Å². The van der Waals surface area contributed by atoms with Crippen LogP contribution in [0.2, 0.25) is 5.02 Å². The smallest absolute Gasteiger partial charge is 0.254 e. The van der Waals surface area contributed by atoms with Crippen molar-refractivity contribution in [3.8, 4) is 5.75 Å². The van der Waals surface area contributed by atoms with Crippen molar-refractivity contribution in [1.82, 2.24) is 5.32 Å². The average molecular weight is 336 g/mol. The summed E-state index contributed by atoms with van der Waals surface area (Å²) in [6.07, 6.45) is 0. The van der Waals surface area contributed by atoms with Gasteiger partial charge in [-0.3, -0.25) is 4.79 Å². The Hall–Kier alpha value is -2.07. The summed E-state index contributed by atoms with van der Waals surface area (Å²) in [5, 5.41) is 2.96. The largest absolute Gasteiger partial charge is 0.491 e. The Kier molecular flexibility index (Phi) is 5.61. The van der Waals surface area contributed by atoms with E-state index in [0.717, 1.165) is 17.4 Å². The topological polar surface area (TPSA) is 38.3 Å². The van der Waals surface area contributed by atoms with Crippen molar-refractivity contribution >= 4 is 17.5 Å². The first-order valence-corrected chi connectivity index (χ1v) is 7.70. The van der Waals surface area contributed by atoms with E-state index in [2.05, 4.69) is 5.32 Å². The van der Waals surface area contributed by atoms with Gasteiger partial charge in [-0.15, -0.1) is 0 Å². The number of hydrogen-bond donors (Lipinski definition) is 1. The van der Waals surface area contributed by atoms with Crippen molar-refractivity contribution in [2.45, 2.75) is 26.8 Å². The van der Waals surface area contributed by atoms with E-state index < -0.39 is 11.7 Å². The molecule has 1 atom stereocenters. The third-order valence-electron chi connectivity index (χ3n) is 3.53. The third kappa shape index (κ3) is 4.70. The lowest BCUT2D eigenvalue weighted by molar-refractivity contribution is 0.0922. The van der Waals surface area contributed by atoms with Crippen molar-refractivity contribution in [1.29, 1.82) is 0 Å². The Labute approximate surface area is 140 Å². The van der Waals surface area contributed by atoms with Crippen molar-refractivity contribution in [3.05, 3.63) is 63.9 Å². The van der Waals surface area contributed by atoms with E-state index in [0.29, 0.717) is 6.61 Å². The predicted molar refractivity (Wildman–Crippen MR) is 89.7 cm³/mol. The Balaban J connectivity index is 1.92. The number of amides is 1. The normalized spacial score (nSPS) is 11.9. The molecule has 1 amide bonds. The minimum atomic E-state index is -0.641. The first-order valence-electron chi connectivity index (χ1n) is 7.33. The predicted octanol–water partition coefficient (Wildman–Crippen LogP) is 4.29. The molecule has 0 aliphatic rings. The van der Waals surface area contributed by atoms with Crippen LogP contribution < -0.4 is 10.1 Å². The van der Waals surface area contributed by atoms with Crippen LogP contribution in [0.4, 0.5) is 4.39 Å². The highest BCUT2D eigenvalue weighted by Crippen LogP contribution is 2.17. The van der Waals surface area contributed by atoms with Crippen molar-refractivity contribution in [2.75, 3.05) is 6.61 Å². The Morgan fingerprint density at radius 1 is 1.22 bits per heavy atom. The fraction of sp³-hybridized carbons (Fsp3) is 0.278. The number of nitrogens with one attached hydrogen (secondary N) is 1. The van der Waals surface area contributed by atoms with Gasteiger partial charge in [0.1, 0.15) is 18.2 Å². The van der Waals surface area contributed by atoms with E-state index in [-0.39, 0.29) is 16.6 Å². The van der Waals surface area contributed by atoms with Gasteiger partial charge in [0.15, 0.2) is 0 Å². The summed E-state index contributed by atoms with van der Waals surface area (Å²) in [4.78, 5) is 12.0. The van der Waals surface area contributed by atoms with E-state index in [1.807, 2.05) is 32.0 Å². The van der Waals surface area contributed by atoms with Gasteiger partial charge < -0.3 is 10.1 Å². The molecule has 0 aliphatic carbocycles. The highest BCUT2D eigenvalue weighted by molar-refractivity contribution is 6.30. The molecule has 23 heavy (non-hydrogen) atoms. The van der Waals surface area contributed by atoms with Gasteiger partial charge in [0.25, 0.3) is 5.91 Å². The first kappa shape index (κ1) is 17.3. The van der Waals surface area contributed by atoms with Gasteiger partial charge in [-0.05, 0) is 62.2 Å². The molecule has 5 heteroatoms. The zero-order valence-corrected chi connectivity index (χ0v) is 14.1. The number of benzene rings is 2. The zero-order chi connectivity index (χ0) is 17.0. The van der Waals surface area contributed by atoms with Crippen LogP contribution in [-0.2, 0) is 0 Å². The fourth-order valence-corrected chi connectivity index (χ4v) is 2.20. The highest BCUT2D eigenvalue weighted by Gasteiger charge is 2.14. The van der Waals surface area contributed by atoms with Crippen LogP contribution in [-0.4, -0.2) is 18.6 Å². The summed E-state index contributed by atoms with van der Waals surface area (Å²) >= 11 is 5.68. The molecule has 0 bridgehead atoms. The molecule has 3 nitrogen and oxygen atoms in total. The number of rotatable bonds is 5. The molecule has 2 aromatic rings. The number of hydrogen-bond acceptors (Lipinski definition) is 2. The Morgan fingerprint density at radius 3 is 2.61 bits per heavy atom. The minimum Gasteiger partial charge on any atom is -0.491 e. The number of ether oxygens (including phenoxy) is 1. The van der Waals surface area contributed by atoms with Gasteiger partial charge in [-0.1, -0.05) is 17.7 Å². The summed E-state index contributed by atoms with van der Waals surface area (Å²) in [6.45, 7) is 6.13. The van der Waals surface area contributed by atoms with Gasteiger partial charge in [-0.2, -0.15) is 0 Å². The van der Waals surface area contributed by atoms with Crippen LogP contribution in [0.15, 0.2) is 36.4 Å². The maximum absolute atomic E-state index is 13.7. The molecule has 0 aromatic heterocycles. The molecule has 0 radical (unpaired) electrons. The van der Waals surface area contributed by atoms with Crippen LogP contribution in [0.1, 0.15) is 28.4 Å². The second kappa shape index (κ2) is 7.47. The van der Waals surface area contributed by atoms with E-state index in [9.17, 15) is 9.18 Å². The molecule has 0 aliphatic heterocycles. The molecule has 1 N–H and O–H groups in total. The van der Waals surface area contributed by atoms with E-state index in [1.165, 1.54) is 17.7 Å². The lowest BCUT2D eigenvalue weighted by atomic mass is 10.1. The van der Waals surface area contributed by atoms with Gasteiger partial charge in [0.2, 0.25) is 0 Å². The van der Waals surface area contributed by atoms with E-state index in [1.54, 1.807) is 6.92 Å². The van der Waals surface area contributed by atoms with E-state index >= 15 is 0 Å². The molecule has 0 spiro atoms. The molecular weight excluding hydrogens is 317 g/mol. The van der Waals surface area contributed by atoms with Crippen molar-refractivity contribution in [2.24, 2.45) is 0 Å². The van der Waals surface area contributed by atoms with E-state index in [4.69, 9.17) is 16.3 Å². The summed E-state index contributed by atoms with van der Waals surface area (Å²) < 4.78 is 19.4. The number of carbonyl (C=O) groups is 1. The maximum atomic E-state index is 13.7. The third-order valence-corrected chi connectivity index (χ3v) is 3.77. The van der Waals surface area contributed by atoms with Crippen LogP contribution in [0, 0.1) is 19.7 Å². The van der Waals surface area contributed by atoms with Crippen LogP contribution in [0.25, 0.3) is 0 Å². The van der Waals surface area contributed by atoms with Gasteiger partial charge >= 0.3 is 0 Å². The van der Waals surface area contributed by atoms with Crippen LogP contribution in [0.5, 0.6) is 5.75 Å². The second-order valence-corrected chi connectivity index (χ2v) is 5.99. The standard InChI is InChI=1S/C18H19ClFNO2/c1-11-4-6-15(8-12(11)2)23-10-13(3)21-18(22)16-7-5-14(19)9-17(16)20/h4-9,13H,10H2,1-3H3,(H,21,22)/t13-/m0/s1. The van der Waals surface area contributed by atoms with Crippen LogP contribution >= 0.6 is 11.6 Å². The molecular formula is C18H19ClFNO2. The molecule has 0 unspecified atom stereocenters. The summed E-state index contributed by atoms with van der Waals surface area (Å²) in [6, 6.07) is 9.52. The zero-order valence-electron chi connectivity index (χ0n) is 13.3. The lowest BCUT2D eigenvalue weighted by Gasteiger charge is -2.16. The lowest BCUT2D eigenvalue weighted by Crippen LogP contribution is -2.37. The molecule has 0 saturated heterocycles. The van der Waals surface area contributed by atoms with Crippen molar-refractivity contribution in [3.63, 3.8) is 0 Å². The summed E-state index contributed by atoms with van der Waals surface area (Å²) in [5.74, 6) is -0.389. The van der Waals surface area contributed by atoms with Gasteiger partial charge in [-0.25, -0.2) is 4.39 Å². The fourth-order valence-electron chi connectivity index (χ4n) is 2.04. The molecule has 0 saturated carbocycles.